The Morgan fingerprint density at radius 1 is 1.05 bits per heavy atom. The molecule has 0 saturated heterocycles. The normalized spacial score (nSPS) is 15.4. The molecule has 0 saturated carbocycles. The smallest absolute Gasteiger partial charge is 0.326 e. The van der Waals surface area contributed by atoms with Gasteiger partial charge in [-0.3, -0.25) is 9.59 Å². The van der Waals surface area contributed by atoms with Gasteiger partial charge in [-0.1, -0.05) is 27.7 Å². The second-order valence-electron chi connectivity index (χ2n) is 5.58. The maximum Gasteiger partial charge on any atom is 0.326 e. The van der Waals surface area contributed by atoms with Gasteiger partial charge in [-0.15, -0.1) is 0 Å². The molecule has 3 unspecified atom stereocenters. The number of carboxylic acid groups (broad SMARTS) is 1. The minimum atomic E-state index is -1.12. The highest BCUT2D eigenvalue weighted by molar-refractivity contribution is 7.80. The number of carbonyl (C=O) groups excluding carboxylic acids is 2. The Bertz CT molecular complexity index is 388. The molecule has 0 spiro atoms. The molecule has 8 heteroatoms. The number of nitrogens with one attached hydrogen (secondary N) is 2. The summed E-state index contributed by atoms with van der Waals surface area (Å²) in [6.07, 6.45) is 0. The Kier molecular flexibility index (Phi) is 8.34. The predicted molar refractivity (Wildman–Crippen MR) is 83.0 cm³/mol. The van der Waals surface area contributed by atoms with Crippen LogP contribution in [0.1, 0.15) is 27.7 Å². The molecule has 0 bridgehead atoms. The summed E-state index contributed by atoms with van der Waals surface area (Å²) in [5.41, 5.74) is 5.70. The van der Waals surface area contributed by atoms with Gasteiger partial charge in [0.1, 0.15) is 12.1 Å². The number of nitrogens with two attached hydrogens (primary N) is 1. The summed E-state index contributed by atoms with van der Waals surface area (Å²) in [7, 11) is 0. The van der Waals surface area contributed by atoms with Crippen molar-refractivity contribution in [2.75, 3.05) is 5.75 Å². The first-order chi connectivity index (χ1) is 9.61. The molecule has 122 valence electrons. The van der Waals surface area contributed by atoms with Gasteiger partial charge in [0.05, 0.1) is 6.04 Å². The molecule has 0 heterocycles. The fourth-order valence-electron chi connectivity index (χ4n) is 1.53. The molecule has 21 heavy (non-hydrogen) atoms. The van der Waals surface area contributed by atoms with E-state index < -0.39 is 35.9 Å². The topological polar surface area (TPSA) is 122 Å². The Labute approximate surface area is 130 Å². The van der Waals surface area contributed by atoms with Crippen LogP contribution in [0.25, 0.3) is 0 Å². The summed E-state index contributed by atoms with van der Waals surface area (Å²) < 4.78 is 0. The minimum absolute atomic E-state index is 0.0484. The molecule has 3 atom stereocenters. The van der Waals surface area contributed by atoms with E-state index in [1.54, 1.807) is 27.7 Å². The van der Waals surface area contributed by atoms with Crippen molar-refractivity contribution in [1.29, 1.82) is 0 Å². The van der Waals surface area contributed by atoms with Crippen molar-refractivity contribution in [3.63, 3.8) is 0 Å². The second kappa shape index (κ2) is 8.89. The first-order valence-electron chi connectivity index (χ1n) is 6.81. The zero-order chi connectivity index (χ0) is 16.7. The molecule has 0 aromatic rings. The molecule has 5 N–H and O–H groups in total. The third-order valence-corrected chi connectivity index (χ3v) is 3.43. The third kappa shape index (κ3) is 6.34. The fraction of sp³-hybridized carbons (Fsp3) is 0.769. The molecule has 0 aromatic carbocycles. The van der Waals surface area contributed by atoms with Crippen molar-refractivity contribution in [2.24, 2.45) is 17.6 Å². The SMILES string of the molecule is CC(C)C(N)C(=O)NC(CS)C(=O)NC(C(=O)O)C(C)C. The number of carboxylic acids is 1. The van der Waals surface area contributed by atoms with Gasteiger partial charge in [0.2, 0.25) is 11.8 Å². The van der Waals surface area contributed by atoms with E-state index in [0.29, 0.717) is 0 Å². The van der Waals surface area contributed by atoms with Crippen LogP contribution in [0.15, 0.2) is 0 Å². The van der Waals surface area contributed by atoms with Crippen LogP contribution in [-0.4, -0.2) is 46.8 Å². The lowest BCUT2D eigenvalue weighted by atomic mass is 10.0. The number of thiol groups is 1. The van der Waals surface area contributed by atoms with Crippen LogP contribution in [0.4, 0.5) is 0 Å². The van der Waals surface area contributed by atoms with E-state index in [0.717, 1.165) is 0 Å². The molecular formula is C13H25N3O4S. The minimum Gasteiger partial charge on any atom is -0.480 e. The molecule has 0 rings (SSSR count). The number of aliphatic carboxylic acids is 1. The van der Waals surface area contributed by atoms with Crippen molar-refractivity contribution < 1.29 is 19.5 Å². The van der Waals surface area contributed by atoms with E-state index in [1.807, 2.05) is 0 Å². The number of rotatable bonds is 8. The van der Waals surface area contributed by atoms with Crippen LogP contribution < -0.4 is 16.4 Å². The van der Waals surface area contributed by atoms with Crippen LogP contribution >= 0.6 is 12.6 Å². The van der Waals surface area contributed by atoms with E-state index in [2.05, 4.69) is 23.3 Å². The van der Waals surface area contributed by atoms with Crippen molar-refractivity contribution >= 4 is 30.4 Å². The van der Waals surface area contributed by atoms with Gasteiger partial charge >= 0.3 is 5.97 Å². The van der Waals surface area contributed by atoms with Crippen molar-refractivity contribution in [3.05, 3.63) is 0 Å². The molecule has 0 aliphatic heterocycles. The molecule has 0 fully saturated rings. The number of hydrogen-bond acceptors (Lipinski definition) is 5. The average Bonchev–Trinajstić information content (AvgIpc) is 2.39. The van der Waals surface area contributed by atoms with E-state index in [4.69, 9.17) is 10.8 Å². The van der Waals surface area contributed by atoms with Crippen molar-refractivity contribution in [2.45, 2.75) is 45.8 Å². The van der Waals surface area contributed by atoms with Crippen LogP contribution in [0.5, 0.6) is 0 Å². The van der Waals surface area contributed by atoms with Crippen molar-refractivity contribution in [1.82, 2.24) is 10.6 Å². The zero-order valence-electron chi connectivity index (χ0n) is 12.8. The van der Waals surface area contributed by atoms with Crippen LogP contribution in [-0.2, 0) is 14.4 Å². The largest absolute Gasteiger partial charge is 0.480 e. The lowest BCUT2D eigenvalue weighted by Gasteiger charge is -2.24. The summed E-state index contributed by atoms with van der Waals surface area (Å²) in [6.45, 7) is 6.95. The summed E-state index contributed by atoms with van der Waals surface area (Å²) >= 11 is 4.01. The maximum atomic E-state index is 12.0. The van der Waals surface area contributed by atoms with E-state index in [-0.39, 0.29) is 17.6 Å². The number of carbonyl (C=O) groups is 3. The van der Waals surface area contributed by atoms with E-state index in [9.17, 15) is 14.4 Å². The van der Waals surface area contributed by atoms with Crippen LogP contribution in [0, 0.1) is 11.8 Å². The van der Waals surface area contributed by atoms with E-state index in [1.165, 1.54) is 0 Å². The van der Waals surface area contributed by atoms with Crippen molar-refractivity contribution in [3.8, 4) is 0 Å². The second-order valence-corrected chi connectivity index (χ2v) is 5.95. The molecule has 0 aliphatic rings. The lowest BCUT2D eigenvalue weighted by molar-refractivity contribution is -0.143. The highest BCUT2D eigenvalue weighted by Crippen LogP contribution is 2.04. The van der Waals surface area contributed by atoms with Gasteiger partial charge < -0.3 is 21.5 Å². The third-order valence-electron chi connectivity index (χ3n) is 3.07. The van der Waals surface area contributed by atoms with Gasteiger partial charge in [0, 0.05) is 5.75 Å². The Hall–Kier alpha value is -1.28. The highest BCUT2D eigenvalue weighted by Gasteiger charge is 2.29. The number of amides is 2. The standard InChI is InChI=1S/C13H25N3O4S/c1-6(2)9(14)12(18)15-8(5-21)11(17)16-10(7(3)4)13(19)20/h6-10,21H,5,14H2,1-4H3,(H,15,18)(H,16,17)(H,19,20). The van der Waals surface area contributed by atoms with Gasteiger partial charge in [-0.05, 0) is 11.8 Å². The first-order valence-corrected chi connectivity index (χ1v) is 7.45. The molecule has 0 aromatic heterocycles. The van der Waals surface area contributed by atoms with Crippen LogP contribution in [0.2, 0.25) is 0 Å². The summed E-state index contributed by atoms with van der Waals surface area (Å²) in [5.74, 6) is -2.48. The lowest BCUT2D eigenvalue weighted by Crippen LogP contribution is -2.56. The highest BCUT2D eigenvalue weighted by atomic mass is 32.1. The molecular weight excluding hydrogens is 294 g/mol. The van der Waals surface area contributed by atoms with Gasteiger partial charge in [0.15, 0.2) is 0 Å². The Balaban J connectivity index is 4.76. The molecule has 0 aliphatic carbocycles. The summed E-state index contributed by atoms with van der Waals surface area (Å²) in [6, 6.07) is -2.68. The Morgan fingerprint density at radius 2 is 1.57 bits per heavy atom. The molecule has 2 amide bonds. The van der Waals surface area contributed by atoms with Crippen LogP contribution in [0.3, 0.4) is 0 Å². The molecule has 0 radical (unpaired) electrons. The average molecular weight is 319 g/mol. The molecule has 7 nitrogen and oxygen atoms in total. The Morgan fingerprint density at radius 3 is 1.90 bits per heavy atom. The van der Waals surface area contributed by atoms with Gasteiger partial charge in [-0.25, -0.2) is 4.79 Å². The predicted octanol–water partition coefficient (Wildman–Crippen LogP) is -0.390. The fourth-order valence-corrected chi connectivity index (χ4v) is 1.79. The first kappa shape index (κ1) is 19.7. The number of hydrogen-bond donors (Lipinski definition) is 5. The summed E-state index contributed by atoms with van der Waals surface area (Å²) in [5, 5.41) is 13.9. The zero-order valence-corrected chi connectivity index (χ0v) is 13.7. The summed E-state index contributed by atoms with van der Waals surface area (Å²) in [4.78, 5) is 35.0. The quantitative estimate of drug-likeness (QED) is 0.390. The maximum absolute atomic E-state index is 12.0. The van der Waals surface area contributed by atoms with Gasteiger partial charge in [-0.2, -0.15) is 12.6 Å². The van der Waals surface area contributed by atoms with E-state index >= 15 is 0 Å². The van der Waals surface area contributed by atoms with Gasteiger partial charge in [0.25, 0.3) is 0 Å². The monoisotopic (exact) mass is 319 g/mol.